The first-order chi connectivity index (χ1) is 11.7. The Hall–Kier alpha value is -2.70. The maximum atomic E-state index is 11.4. The molecule has 6 nitrogen and oxygen atoms in total. The zero-order chi connectivity index (χ0) is 16.9. The van der Waals surface area contributed by atoms with E-state index in [2.05, 4.69) is 4.98 Å². The van der Waals surface area contributed by atoms with Crippen molar-refractivity contribution in [3.05, 3.63) is 64.3 Å². The van der Waals surface area contributed by atoms with Crippen molar-refractivity contribution < 1.29 is 14.4 Å². The molecule has 0 aliphatic heterocycles. The molecule has 1 heterocycles. The number of fused-ring (bicyclic) bond motifs is 1. The van der Waals surface area contributed by atoms with Crippen molar-refractivity contribution in [2.75, 3.05) is 20.3 Å². The van der Waals surface area contributed by atoms with Crippen molar-refractivity contribution in [3.63, 3.8) is 0 Å². The number of rotatable bonds is 7. The molecule has 3 rings (SSSR count). The molecule has 0 atom stereocenters. The van der Waals surface area contributed by atoms with Crippen LogP contribution in [-0.4, -0.2) is 30.2 Å². The van der Waals surface area contributed by atoms with Crippen LogP contribution in [0.4, 0.5) is 5.69 Å². The van der Waals surface area contributed by atoms with E-state index in [9.17, 15) is 10.1 Å². The molecule has 0 spiro atoms. The number of aromatic nitrogens is 1. The SMILES string of the molecule is COCCOCc1cc([N+](=O)[O-])c2[nH]cc(-c3ccccc3)c2c1. The summed E-state index contributed by atoms with van der Waals surface area (Å²) in [7, 11) is 1.60. The Morgan fingerprint density at radius 2 is 1.96 bits per heavy atom. The summed E-state index contributed by atoms with van der Waals surface area (Å²) < 4.78 is 10.4. The van der Waals surface area contributed by atoms with Gasteiger partial charge in [0, 0.05) is 30.3 Å². The fraction of sp³-hybridized carbons (Fsp3) is 0.222. The van der Waals surface area contributed by atoms with Gasteiger partial charge in [-0.2, -0.15) is 0 Å². The number of hydrogen-bond donors (Lipinski definition) is 1. The highest BCUT2D eigenvalue weighted by Crippen LogP contribution is 2.34. The topological polar surface area (TPSA) is 77.4 Å². The van der Waals surface area contributed by atoms with E-state index in [4.69, 9.17) is 9.47 Å². The van der Waals surface area contributed by atoms with Gasteiger partial charge in [0.05, 0.1) is 24.7 Å². The van der Waals surface area contributed by atoms with Gasteiger partial charge in [-0.1, -0.05) is 30.3 Å². The molecule has 0 bridgehead atoms. The van der Waals surface area contributed by atoms with Gasteiger partial charge in [0.2, 0.25) is 0 Å². The number of hydrogen-bond acceptors (Lipinski definition) is 4. The lowest BCUT2D eigenvalue weighted by Gasteiger charge is -2.06. The minimum atomic E-state index is -0.369. The van der Waals surface area contributed by atoms with Crippen molar-refractivity contribution in [2.24, 2.45) is 0 Å². The zero-order valence-corrected chi connectivity index (χ0v) is 13.3. The highest BCUT2D eigenvalue weighted by molar-refractivity contribution is 6.00. The standard InChI is InChI=1S/C18H18N2O4/c1-23-7-8-24-12-13-9-15-16(14-5-3-2-4-6-14)11-19-18(15)17(10-13)20(21)22/h2-6,9-11,19H,7-8,12H2,1H3. The van der Waals surface area contributed by atoms with E-state index in [0.29, 0.717) is 25.3 Å². The van der Waals surface area contributed by atoms with Gasteiger partial charge in [-0.05, 0) is 17.2 Å². The fourth-order valence-electron chi connectivity index (χ4n) is 2.69. The highest BCUT2D eigenvalue weighted by Gasteiger charge is 2.18. The maximum absolute atomic E-state index is 11.4. The molecule has 0 unspecified atom stereocenters. The quantitative estimate of drug-likeness (QED) is 0.406. The largest absolute Gasteiger partial charge is 0.382 e. The van der Waals surface area contributed by atoms with Crippen LogP contribution < -0.4 is 0 Å². The van der Waals surface area contributed by atoms with Gasteiger partial charge in [-0.3, -0.25) is 10.1 Å². The van der Waals surface area contributed by atoms with Crippen LogP contribution >= 0.6 is 0 Å². The van der Waals surface area contributed by atoms with E-state index in [1.54, 1.807) is 13.2 Å². The predicted molar refractivity (Wildman–Crippen MR) is 91.9 cm³/mol. The number of methoxy groups -OCH3 is 1. The molecular weight excluding hydrogens is 308 g/mol. The van der Waals surface area contributed by atoms with Crippen LogP contribution in [0.5, 0.6) is 0 Å². The van der Waals surface area contributed by atoms with Gasteiger partial charge < -0.3 is 14.5 Å². The molecule has 0 amide bonds. The van der Waals surface area contributed by atoms with Crippen LogP contribution in [0.3, 0.4) is 0 Å². The third-order valence-corrected chi connectivity index (χ3v) is 3.81. The second kappa shape index (κ2) is 7.25. The van der Waals surface area contributed by atoms with Crippen LogP contribution in [0, 0.1) is 10.1 Å². The number of nitro benzene ring substituents is 1. The Labute approximate surface area is 139 Å². The Kier molecular flexibility index (Phi) is 4.88. The smallest absolute Gasteiger partial charge is 0.293 e. The van der Waals surface area contributed by atoms with Crippen molar-refractivity contribution in [1.29, 1.82) is 0 Å². The summed E-state index contributed by atoms with van der Waals surface area (Å²) in [5.41, 5.74) is 3.30. The summed E-state index contributed by atoms with van der Waals surface area (Å²) in [4.78, 5) is 14.1. The number of benzene rings is 2. The van der Waals surface area contributed by atoms with Crippen LogP contribution in [0.15, 0.2) is 48.7 Å². The minimum absolute atomic E-state index is 0.0556. The molecule has 24 heavy (non-hydrogen) atoms. The maximum Gasteiger partial charge on any atom is 0.293 e. The van der Waals surface area contributed by atoms with Crippen molar-refractivity contribution in [3.8, 4) is 11.1 Å². The van der Waals surface area contributed by atoms with Gasteiger partial charge in [0.25, 0.3) is 5.69 Å². The molecule has 0 radical (unpaired) electrons. The average molecular weight is 326 g/mol. The Morgan fingerprint density at radius 1 is 1.17 bits per heavy atom. The first kappa shape index (κ1) is 16.2. The van der Waals surface area contributed by atoms with E-state index in [1.807, 2.05) is 42.6 Å². The fourth-order valence-corrected chi connectivity index (χ4v) is 2.69. The van der Waals surface area contributed by atoms with Gasteiger partial charge in [-0.25, -0.2) is 0 Å². The highest BCUT2D eigenvalue weighted by atomic mass is 16.6. The van der Waals surface area contributed by atoms with Crippen LogP contribution in [0.2, 0.25) is 0 Å². The monoisotopic (exact) mass is 326 g/mol. The number of nitrogens with zero attached hydrogens (tertiary/aromatic N) is 1. The summed E-state index contributed by atoms with van der Waals surface area (Å²) in [5.74, 6) is 0. The second-order valence-electron chi connectivity index (χ2n) is 5.41. The number of aromatic amines is 1. The summed E-state index contributed by atoms with van der Waals surface area (Å²) in [6.07, 6.45) is 1.81. The van der Waals surface area contributed by atoms with E-state index in [1.165, 1.54) is 0 Å². The van der Waals surface area contributed by atoms with Crippen molar-refractivity contribution in [2.45, 2.75) is 6.61 Å². The Morgan fingerprint density at radius 3 is 2.67 bits per heavy atom. The predicted octanol–water partition coefficient (Wildman–Crippen LogP) is 3.91. The summed E-state index contributed by atoms with van der Waals surface area (Å²) in [6, 6.07) is 13.3. The molecule has 0 fully saturated rings. The van der Waals surface area contributed by atoms with E-state index in [0.717, 1.165) is 22.1 Å². The van der Waals surface area contributed by atoms with Gasteiger partial charge in [0.15, 0.2) is 0 Å². The Balaban J connectivity index is 2.03. The Bertz CT molecular complexity index is 843. The lowest BCUT2D eigenvalue weighted by Crippen LogP contribution is -2.02. The molecule has 0 saturated heterocycles. The lowest BCUT2D eigenvalue weighted by atomic mass is 10.0. The van der Waals surface area contributed by atoms with Crippen LogP contribution in [0.1, 0.15) is 5.56 Å². The summed E-state index contributed by atoms with van der Waals surface area (Å²) in [6.45, 7) is 1.24. The van der Waals surface area contributed by atoms with Gasteiger partial charge in [-0.15, -0.1) is 0 Å². The molecular formula is C18H18N2O4. The molecule has 2 aromatic carbocycles. The zero-order valence-electron chi connectivity index (χ0n) is 13.3. The molecule has 3 aromatic rings. The van der Waals surface area contributed by atoms with E-state index >= 15 is 0 Å². The molecule has 1 aromatic heterocycles. The first-order valence-electron chi connectivity index (χ1n) is 7.61. The van der Waals surface area contributed by atoms with Crippen molar-refractivity contribution in [1.82, 2.24) is 4.98 Å². The van der Waals surface area contributed by atoms with Crippen LogP contribution in [0.25, 0.3) is 22.0 Å². The first-order valence-corrected chi connectivity index (χ1v) is 7.61. The molecule has 1 N–H and O–H groups in total. The average Bonchev–Trinajstić information content (AvgIpc) is 3.02. The third kappa shape index (κ3) is 3.29. The number of H-pyrrole nitrogens is 1. The molecule has 6 heteroatoms. The third-order valence-electron chi connectivity index (χ3n) is 3.81. The number of nitrogens with one attached hydrogen (secondary N) is 1. The minimum Gasteiger partial charge on any atom is -0.382 e. The van der Waals surface area contributed by atoms with Crippen molar-refractivity contribution >= 4 is 16.6 Å². The van der Waals surface area contributed by atoms with Gasteiger partial charge in [0.1, 0.15) is 5.52 Å². The molecule has 124 valence electrons. The number of non-ortho nitro benzene ring substituents is 1. The molecule has 0 saturated carbocycles. The summed E-state index contributed by atoms with van der Waals surface area (Å²) in [5, 5.41) is 12.2. The normalized spacial score (nSPS) is 11.0. The number of ether oxygens (including phenoxy) is 2. The van der Waals surface area contributed by atoms with Crippen LogP contribution in [-0.2, 0) is 16.1 Å². The van der Waals surface area contributed by atoms with E-state index < -0.39 is 0 Å². The van der Waals surface area contributed by atoms with Gasteiger partial charge >= 0.3 is 0 Å². The molecule has 0 aliphatic carbocycles. The molecule has 0 aliphatic rings. The second-order valence-corrected chi connectivity index (χ2v) is 5.41. The number of nitro groups is 1. The summed E-state index contributed by atoms with van der Waals surface area (Å²) >= 11 is 0. The lowest BCUT2D eigenvalue weighted by molar-refractivity contribution is -0.383. The van der Waals surface area contributed by atoms with E-state index in [-0.39, 0.29) is 10.6 Å².